The summed E-state index contributed by atoms with van der Waals surface area (Å²) in [6, 6.07) is 16.8. The van der Waals surface area contributed by atoms with Gasteiger partial charge in [0.25, 0.3) is 23.2 Å². The van der Waals surface area contributed by atoms with Crippen LogP contribution in [0, 0.1) is 20.2 Å². The van der Waals surface area contributed by atoms with Crippen LogP contribution >= 0.6 is 0 Å². The number of amides is 2. The molecule has 0 aromatic heterocycles. The second kappa shape index (κ2) is 8.61. The van der Waals surface area contributed by atoms with E-state index in [9.17, 15) is 29.8 Å². The van der Waals surface area contributed by atoms with E-state index in [2.05, 4.69) is 10.6 Å². The van der Waals surface area contributed by atoms with Crippen LogP contribution in [0.15, 0.2) is 72.8 Å². The monoisotopic (exact) mass is 406 g/mol. The third-order valence-electron chi connectivity index (χ3n) is 4.05. The minimum absolute atomic E-state index is 0.0342. The highest BCUT2D eigenvalue weighted by Crippen LogP contribution is 2.21. The first-order chi connectivity index (χ1) is 14.3. The average Bonchev–Trinajstić information content (AvgIpc) is 2.74. The summed E-state index contributed by atoms with van der Waals surface area (Å²) in [5.74, 6) is -1.28. The summed E-state index contributed by atoms with van der Waals surface area (Å²) in [4.78, 5) is 45.9. The predicted octanol–water partition coefficient (Wildman–Crippen LogP) is 4.01. The number of non-ortho nitro benzene ring substituents is 2. The van der Waals surface area contributed by atoms with Crippen LogP contribution in [-0.4, -0.2) is 21.7 Å². The SMILES string of the molecule is O=C(Nc1cccc([N+](=O)[O-])c1)c1ccccc1C(=O)Nc1cccc([N+](=O)[O-])c1. The molecule has 0 aliphatic heterocycles. The minimum atomic E-state index is -0.639. The summed E-state index contributed by atoms with van der Waals surface area (Å²) >= 11 is 0. The van der Waals surface area contributed by atoms with E-state index >= 15 is 0 Å². The van der Waals surface area contributed by atoms with Gasteiger partial charge in [-0.25, -0.2) is 0 Å². The van der Waals surface area contributed by atoms with Crippen molar-refractivity contribution in [2.45, 2.75) is 0 Å². The smallest absolute Gasteiger partial charge is 0.271 e. The quantitative estimate of drug-likeness (QED) is 0.467. The van der Waals surface area contributed by atoms with Gasteiger partial charge in [0.05, 0.1) is 21.0 Å². The first-order valence-corrected chi connectivity index (χ1v) is 8.56. The molecule has 3 aromatic carbocycles. The van der Waals surface area contributed by atoms with Gasteiger partial charge in [-0.15, -0.1) is 0 Å². The zero-order valence-corrected chi connectivity index (χ0v) is 15.3. The van der Waals surface area contributed by atoms with Crippen molar-refractivity contribution in [2.75, 3.05) is 10.6 Å². The van der Waals surface area contributed by atoms with E-state index in [0.717, 1.165) is 0 Å². The molecule has 0 bridgehead atoms. The lowest BCUT2D eigenvalue weighted by Gasteiger charge is -2.11. The fraction of sp³-hybridized carbons (Fsp3) is 0. The molecule has 0 atom stereocenters. The molecule has 0 aliphatic carbocycles. The van der Waals surface area contributed by atoms with E-state index in [0.29, 0.717) is 0 Å². The van der Waals surface area contributed by atoms with Crippen molar-refractivity contribution < 1.29 is 19.4 Å². The van der Waals surface area contributed by atoms with Gasteiger partial charge < -0.3 is 10.6 Å². The Hall–Kier alpha value is -4.60. The number of nitrogens with one attached hydrogen (secondary N) is 2. The number of hydrogen-bond donors (Lipinski definition) is 2. The summed E-state index contributed by atoms with van der Waals surface area (Å²) in [5.41, 5.74) is 0.0825. The van der Waals surface area contributed by atoms with Crippen LogP contribution in [0.5, 0.6) is 0 Å². The van der Waals surface area contributed by atoms with E-state index < -0.39 is 21.7 Å². The van der Waals surface area contributed by atoms with Gasteiger partial charge in [-0.05, 0) is 24.3 Å². The second-order valence-electron chi connectivity index (χ2n) is 6.07. The molecule has 0 saturated heterocycles. The molecule has 0 heterocycles. The molecule has 30 heavy (non-hydrogen) atoms. The van der Waals surface area contributed by atoms with E-state index in [1.165, 1.54) is 60.7 Å². The van der Waals surface area contributed by atoms with Crippen molar-refractivity contribution in [1.29, 1.82) is 0 Å². The molecule has 2 N–H and O–H groups in total. The molecule has 0 spiro atoms. The van der Waals surface area contributed by atoms with Crippen LogP contribution in [0.4, 0.5) is 22.7 Å². The number of benzene rings is 3. The van der Waals surface area contributed by atoms with Crippen molar-refractivity contribution >= 4 is 34.6 Å². The van der Waals surface area contributed by atoms with Crippen LogP contribution in [-0.2, 0) is 0 Å². The van der Waals surface area contributed by atoms with Crippen LogP contribution in [0.1, 0.15) is 20.7 Å². The fourth-order valence-corrected chi connectivity index (χ4v) is 2.67. The van der Waals surface area contributed by atoms with Gasteiger partial charge >= 0.3 is 0 Å². The molecule has 3 aromatic rings. The van der Waals surface area contributed by atoms with Gasteiger partial charge in [0.15, 0.2) is 0 Å². The van der Waals surface area contributed by atoms with Gasteiger partial charge in [-0.3, -0.25) is 29.8 Å². The number of carbonyl (C=O) groups is 2. The summed E-state index contributed by atoms with van der Waals surface area (Å²) in [6.45, 7) is 0. The lowest BCUT2D eigenvalue weighted by Crippen LogP contribution is -2.20. The molecule has 0 fully saturated rings. The van der Waals surface area contributed by atoms with Crippen molar-refractivity contribution in [1.82, 2.24) is 0 Å². The maximum atomic E-state index is 12.7. The van der Waals surface area contributed by atoms with Gasteiger partial charge in [-0.1, -0.05) is 24.3 Å². The van der Waals surface area contributed by atoms with Crippen LogP contribution < -0.4 is 10.6 Å². The molecule has 150 valence electrons. The van der Waals surface area contributed by atoms with Crippen molar-refractivity contribution in [3.05, 3.63) is 104 Å². The Morgan fingerprint density at radius 2 is 1.03 bits per heavy atom. The van der Waals surface area contributed by atoms with Crippen molar-refractivity contribution in [3.63, 3.8) is 0 Å². The summed E-state index contributed by atoms with van der Waals surface area (Å²) in [7, 11) is 0. The van der Waals surface area contributed by atoms with Crippen LogP contribution in [0.3, 0.4) is 0 Å². The Balaban J connectivity index is 1.83. The summed E-state index contributed by atoms with van der Waals surface area (Å²) < 4.78 is 0. The normalized spacial score (nSPS) is 10.1. The minimum Gasteiger partial charge on any atom is -0.322 e. The molecule has 10 heteroatoms. The van der Waals surface area contributed by atoms with Crippen LogP contribution in [0.25, 0.3) is 0 Å². The molecule has 3 rings (SSSR count). The summed E-state index contributed by atoms with van der Waals surface area (Å²) in [5, 5.41) is 26.8. The number of nitro groups is 2. The highest BCUT2D eigenvalue weighted by Gasteiger charge is 2.18. The van der Waals surface area contributed by atoms with E-state index in [1.54, 1.807) is 12.1 Å². The van der Waals surface area contributed by atoms with Gasteiger partial charge in [-0.2, -0.15) is 0 Å². The number of rotatable bonds is 6. The summed E-state index contributed by atoms with van der Waals surface area (Å²) in [6.07, 6.45) is 0. The van der Waals surface area contributed by atoms with Gasteiger partial charge in [0, 0.05) is 35.6 Å². The number of anilines is 2. The van der Waals surface area contributed by atoms with Crippen molar-refractivity contribution in [2.24, 2.45) is 0 Å². The standard InChI is InChI=1S/C20H14N4O6/c25-19(21-13-5-3-7-15(11-13)23(27)28)17-9-1-2-10-18(17)20(26)22-14-6-4-8-16(12-14)24(29)30/h1-12H,(H,21,25)(H,22,26). The Labute approximate surface area is 169 Å². The Bertz CT molecular complexity index is 1070. The maximum absolute atomic E-state index is 12.7. The molecule has 0 aliphatic rings. The third-order valence-corrected chi connectivity index (χ3v) is 4.05. The number of nitro benzene ring substituents is 2. The highest BCUT2D eigenvalue weighted by molar-refractivity contribution is 6.15. The first-order valence-electron chi connectivity index (χ1n) is 8.56. The number of hydrogen-bond acceptors (Lipinski definition) is 6. The van der Waals surface area contributed by atoms with Gasteiger partial charge in [0.2, 0.25) is 0 Å². The van der Waals surface area contributed by atoms with Crippen LogP contribution in [0.2, 0.25) is 0 Å². The predicted molar refractivity (Wildman–Crippen MR) is 109 cm³/mol. The Morgan fingerprint density at radius 3 is 1.40 bits per heavy atom. The van der Waals surface area contributed by atoms with Crippen molar-refractivity contribution in [3.8, 4) is 0 Å². The number of carbonyl (C=O) groups excluding carboxylic acids is 2. The van der Waals surface area contributed by atoms with Gasteiger partial charge in [0.1, 0.15) is 0 Å². The molecule has 0 saturated carbocycles. The lowest BCUT2D eigenvalue weighted by atomic mass is 10.1. The zero-order chi connectivity index (χ0) is 21.7. The first kappa shape index (κ1) is 20.1. The highest BCUT2D eigenvalue weighted by atomic mass is 16.6. The maximum Gasteiger partial charge on any atom is 0.271 e. The van der Waals surface area contributed by atoms with E-state index in [1.807, 2.05) is 0 Å². The largest absolute Gasteiger partial charge is 0.322 e. The number of nitrogens with zero attached hydrogens (tertiary/aromatic N) is 2. The molecule has 2 amide bonds. The topological polar surface area (TPSA) is 144 Å². The molecule has 10 nitrogen and oxygen atoms in total. The third kappa shape index (κ3) is 4.62. The zero-order valence-electron chi connectivity index (χ0n) is 15.3. The Morgan fingerprint density at radius 1 is 0.633 bits per heavy atom. The molecular weight excluding hydrogens is 392 g/mol. The van der Waals surface area contributed by atoms with E-state index in [4.69, 9.17) is 0 Å². The second-order valence-corrected chi connectivity index (χ2v) is 6.07. The molecular formula is C20H14N4O6. The molecule has 0 unspecified atom stereocenters. The van der Waals surface area contributed by atoms with E-state index in [-0.39, 0.29) is 33.9 Å². The Kier molecular flexibility index (Phi) is 5.78. The average molecular weight is 406 g/mol. The molecule has 0 radical (unpaired) electrons. The fourth-order valence-electron chi connectivity index (χ4n) is 2.67. The lowest BCUT2D eigenvalue weighted by molar-refractivity contribution is -0.385.